The molecule has 1 aliphatic carbocycles. The van der Waals surface area contributed by atoms with Crippen LogP contribution in [0.2, 0.25) is 5.02 Å². The van der Waals surface area contributed by atoms with E-state index in [1.165, 1.54) is 6.42 Å². The highest BCUT2D eigenvalue weighted by atomic mass is 35.5. The van der Waals surface area contributed by atoms with E-state index in [9.17, 15) is 19.2 Å². The Kier molecular flexibility index (Phi) is 11.4. The lowest BCUT2D eigenvalue weighted by molar-refractivity contribution is -0.126. The third-order valence-electron chi connectivity index (χ3n) is 6.39. The standard InChI is InChI=1S/C28H34ClN3O5/c29-22-11-7-10-21(16-22)19-37-28(36)32-25(17-20-8-3-1-4-9-20)27(35)31-24(18-33)14-15-26(34)30-23-12-5-2-6-13-23/h2,5-7,10-13,16,18,20,24-25H,1,3-4,8-9,14-15,17,19H2,(H,30,34)(H,31,35)(H,32,36)/t24-,25-/m0/s1. The number of aldehydes is 1. The van der Waals surface area contributed by atoms with Crippen LogP contribution in [0.15, 0.2) is 54.6 Å². The van der Waals surface area contributed by atoms with Crippen molar-refractivity contribution in [3.63, 3.8) is 0 Å². The minimum absolute atomic E-state index is 0.0116. The van der Waals surface area contributed by atoms with Gasteiger partial charge in [-0.15, -0.1) is 0 Å². The van der Waals surface area contributed by atoms with Crippen LogP contribution in [-0.2, 0) is 25.7 Å². The Morgan fingerprint density at radius 3 is 2.46 bits per heavy atom. The van der Waals surface area contributed by atoms with Crippen molar-refractivity contribution in [2.45, 2.75) is 70.1 Å². The molecule has 0 unspecified atom stereocenters. The van der Waals surface area contributed by atoms with E-state index in [2.05, 4.69) is 16.0 Å². The second-order valence-electron chi connectivity index (χ2n) is 9.35. The van der Waals surface area contributed by atoms with Crippen molar-refractivity contribution in [1.82, 2.24) is 10.6 Å². The molecule has 9 heteroatoms. The molecule has 0 saturated heterocycles. The Morgan fingerprint density at radius 2 is 1.76 bits per heavy atom. The Balaban J connectivity index is 1.54. The summed E-state index contributed by atoms with van der Waals surface area (Å²) >= 11 is 5.98. The second-order valence-corrected chi connectivity index (χ2v) is 9.78. The number of halogens is 1. The molecule has 2 atom stereocenters. The zero-order valence-corrected chi connectivity index (χ0v) is 21.5. The molecule has 0 spiro atoms. The summed E-state index contributed by atoms with van der Waals surface area (Å²) in [7, 11) is 0. The summed E-state index contributed by atoms with van der Waals surface area (Å²) in [5.74, 6) is -0.427. The predicted molar refractivity (Wildman–Crippen MR) is 142 cm³/mol. The predicted octanol–water partition coefficient (Wildman–Crippen LogP) is 5.01. The summed E-state index contributed by atoms with van der Waals surface area (Å²) in [6, 6.07) is 14.3. The molecule has 3 amide bonds. The first-order valence-electron chi connectivity index (χ1n) is 12.7. The number of hydrogen-bond donors (Lipinski definition) is 3. The first-order chi connectivity index (χ1) is 17.9. The molecule has 2 aromatic carbocycles. The molecule has 1 fully saturated rings. The summed E-state index contributed by atoms with van der Waals surface area (Å²) in [5.41, 5.74) is 1.39. The number of nitrogens with one attached hydrogen (secondary N) is 3. The van der Waals surface area contributed by atoms with E-state index in [1.54, 1.807) is 36.4 Å². The van der Waals surface area contributed by atoms with Crippen LogP contribution in [0.25, 0.3) is 0 Å². The van der Waals surface area contributed by atoms with Gasteiger partial charge < -0.3 is 25.5 Å². The molecule has 3 rings (SSSR count). The molecule has 198 valence electrons. The van der Waals surface area contributed by atoms with E-state index in [4.69, 9.17) is 16.3 Å². The van der Waals surface area contributed by atoms with Crippen LogP contribution in [-0.4, -0.2) is 36.3 Å². The van der Waals surface area contributed by atoms with E-state index in [0.717, 1.165) is 31.2 Å². The Morgan fingerprint density at radius 1 is 1.00 bits per heavy atom. The Bertz CT molecular complexity index is 1040. The number of benzene rings is 2. The van der Waals surface area contributed by atoms with Gasteiger partial charge in [-0.2, -0.15) is 0 Å². The van der Waals surface area contributed by atoms with E-state index >= 15 is 0 Å². The largest absolute Gasteiger partial charge is 0.445 e. The van der Waals surface area contributed by atoms with Gasteiger partial charge in [0, 0.05) is 17.1 Å². The van der Waals surface area contributed by atoms with Crippen LogP contribution in [0, 0.1) is 5.92 Å². The third kappa shape index (κ3) is 10.2. The van der Waals surface area contributed by atoms with Gasteiger partial charge in [-0.1, -0.05) is 74.0 Å². The molecule has 2 aromatic rings. The molecule has 0 aliphatic heterocycles. The van der Waals surface area contributed by atoms with Gasteiger partial charge in [0.15, 0.2) is 0 Å². The Hall–Kier alpha value is -3.39. The number of carbonyl (C=O) groups excluding carboxylic acids is 4. The summed E-state index contributed by atoms with van der Waals surface area (Å²) in [4.78, 5) is 49.6. The summed E-state index contributed by atoms with van der Waals surface area (Å²) in [5, 5.41) is 8.66. The van der Waals surface area contributed by atoms with Gasteiger partial charge in [0.25, 0.3) is 0 Å². The van der Waals surface area contributed by atoms with E-state index in [1.807, 2.05) is 18.2 Å². The van der Waals surface area contributed by atoms with Crippen LogP contribution < -0.4 is 16.0 Å². The molecule has 0 aromatic heterocycles. The number of hydrogen-bond acceptors (Lipinski definition) is 5. The van der Waals surface area contributed by atoms with Crippen LogP contribution in [0.4, 0.5) is 10.5 Å². The zero-order valence-electron chi connectivity index (χ0n) is 20.8. The monoisotopic (exact) mass is 527 g/mol. The van der Waals surface area contributed by atoms with Gasteiger partial charge >= 0.3 is 6.09 Å². The molecule has 8 nitrogen and oxygen atoms in total. The molecule has 0 radical (unpaired) electrons. The smallest absolute Gasteiger partial charge is 0.408 e. The van der Waals surface area contributed by atoms with Crippen molar-refractivity contribution in [2.24, 2.45) is 5.92 Å². The van der Waals surface area contributed by atoms with E-state index < -0.39 is 24.1 Å². The molecule has 37 heavy (non-hydrogen) atoms. The topological polar surface area (TPSA) is 114 Å². The average molecular weight is 528 g/mol. The fourth-order valence-corrected chi connectivity index (χ4v) is 4.65. The Labute approximate surface area is 222 Å². The molecule has 0 heterocycles. The minimum atomic E-state index is -0.854. The first-order valence-corrected chi connectivity index (χ1v) is 13.1. The van der Waals surface area contributed by atoms with Crippen molar-refractivity contribution >= 4 is 41.5 Å². The lowest BCUT2D eigenvalue weighted by Gasteiger charge is -2.27. The van der Waals surface area contributed by atoms with Crippen molar-refractivity contribution in [1.29, 1.82) is 0 Å². The van der Waals surface area contributed by atoms with Crippen LogP contribution >= 0.6 is 11.6 Å². The van der Waals surface area contributed by atoms with E-state index in [-0.39, 0.29) is 25.4 Å². The van der Waals surface area contributed by atoms with E-state index in [0.29, 0.717) is 29.3 Å². The first kappa shape index (κ1) is 28.2. The average Bonchev–Trinajstić information content (AvgIpc) is 2.90. The SMILES string of the molecule is O=C[C@H](CCC(=O)Nc1ccccc1)NC(=O)[C@H](CC1CCCCC1)NC(=O)OCc1cccc(Cl)c1. The highest BCUT2D eigenvalue weighted by molar-refractivity contribution is 6.30. The number of ether oxygens (including phenoxy) is 1. The van der Waals surface area contributed by atoms with Gasteiger partial charge in [0.1, 0.15) is 18.9 Å². The third-order valence-corrected chi connectivity index (χ3v) is 6.63. The van der Waals surface area contributed by atoms with Crippen molar-refractivity contribution < 1.29 is 23.9 Å². The lowest BCUT2D eigenvalue weighted by Crippen LogP contribution is -2.51. The lowest BCUT2D eigenvalue weighted by atomic mass is 9.84. The molecular weight excluding hydrogens is 494 g/mol. The quantitative estimate of drug-likeness (QED) is 0.336. The van der Waals surface area contributed by atoms with Crippen molar-refractivity contribution in [2.75, 3.05) is 5.32 Å². The fourth-order valence-electron chi connectivity index (χ4n) is 4.44. The highest BCUT2D eigenvalue weighted by Gasteiger charge is 2.28. The minimum Gasteiger partial charge on any atom is -0.445 e. The molecule has 1 saturated carbocycles. The maximum atomic E-state index is 13.1. The molecular formula is C28H34ClN3O5. The highest BCUT2D eigenvalue weighted by Crippen LogP contribution is 2.27. The molecule has 0 bridgehead atoms. The van der Waals surface area contributed by atoms with Crippen LogP contribution in [0.1, 0.15) is 56.9 Å². The van der Waals surface area contributed by atoms with Crippen molar-refractivity contribution in [3.8, 4) is 0 Å². The number of carbonyl (C=O) groups is 4. The van der Waals surface area contributed by atoms with Gasteiger partial charge in [-0.25, -0.2) is 4.79 Å². The van der Waals surface area contributed by atoms with Gasteiger partial charge in [-0.05, 0) is 48.6 Å². The van der Waals surface area contributed by atoms with Crippen molar-refractivity contribution in [3.05, 3.63) is 65.2 Å². The van der Waals surface area contributed by atoms with Crippen LogP contribution in [0.5, 0.6) is 0 Å². The second kappa shape index (κ2) is 15.0. The number of amides is 3. The number of rotatable bonds is 12. The number of anilines is 1. The van der Waals surface area contributed by atoms with Gasteiger partial charge in [-0.3, -0.25) is 9.59 Å². The number of para-hydroxylation sites is 1. The summed E-state index contributed by atoms with van der Waals surface area (Å²) < 4.78 is 5.31. The fraction of sp³-hybridized carbons (Fsp3) is 0.429. The van der Waals surface area contributed by atoms with Crippen LogP contribution in [0.3, 0.4) is 0 Å². The summed E-state index contributed by atoms with van der Waals surface area (Å²) in [6.45, 7) is 0.0116. The normalized spacial score (nSPS) is 15.2. The summed E-state index contributed by atoms with van der Waals surface area (Å²) in [6.07, 6.45) is 5.86. The van der Waals surface area contributed by atoms with Gasteiger partial charge in [0.2, 0.25) is 11.8 Å². The maximum Gasteiger partial charge on any atom is 0.408 e. The molecule has 3 N–H and O–H groups in total. The number of alkyl carbamates (subject to hydrolysis) is 1. The molecule has 1 aliphatic rings. The zero-order chi connectivity index (χ0) is 26.5. The van der Waals surface area contributed by atoms with Gasteiger partial charge in [0.05, 0.1) is 6.04 Å². The maximum absolute atomic E-state index is 13.1.